The molecule has 1 spiro atoms. The van der Waals surface area contributed by atoms with Crippen molar-refractivity contribution in [3.05, 3.63) is 82.9 Å². The quantitative estimate of drug-likeness (QED) is 0.410. The molecule has 0 aliphatic heterocycles. The smallest absolute Gasteiger partial charge is 0.272 e. The van der Waals surface area contributed by atoms with Gasteiger partial charge in [-0.25, -0.2) is 10.1 Å². The molecule has 4 aromatic heterocycles. The number of hydrogen-bond donors (Lipinski definition) is 2. The molecule has 1 amide bonds. The van der Waals surface area contributed by atoms with Gasteiger partial charge < -0.3 is 5.32 Å². The molecular weight excluding hydrogens is 454 g/mol. The lowest BCUT2D eigenvalue weighted by Crippen LogP contribution is -2.55. The molecule has 7 rings (SSSR count). The molecule has 9 nitrogen and oxygen atoms in total. The molecule has 4 heterocycles. The van der Waals surface area contributed by atoms with Crippen LogP contribution in [0.2, 0.25) is 0 Å². The fourth-order valence-corrected chi connectivity index (χ4v) is 6.20. The Kier molecular flexibility index (Phi) is 4.45. The summed E-state index contributed by atoms with van der Waals surface area (Å²) in [5, 5.41) is 16.1. The molecule has 2 aliphatic rings. The van der Waals surface area contributed by atoms with E-state index in [1.165, 1.54) is 0 Å². The molecule has 2 aliphatic carbocycles. The minimum atomic E-state index is -0.143. The van der Waals surface area contributed by atoms with Gasteiger partial charge in [0.05, 0.1) is 23.5 Å². The number of fused-ring (bicyclic) bond motifs is 2. The van der Waals surface area contributed by atoms with Gasteiger partial charge in [0.1, 0.15) is 11.3 Å². The summed E-state index contributed by atoms with van der Waals surface area (Å²) in [5.74, 6) is 0.247. The van der Waals surface area contributed by atoms with Crippen LogP contribution in [0.4, 0.5) is 0 Å². The van der Waals surface area contributed by atoms with Crippen molar-refractivity contribution in [3.8, 4) is 11.1 Å². The SMILES string of the molecule is Cn1cc(-c2ccn3c(C(=O)NC4CC5(C4)CC(c4n[nH]c(=O)c6ccccc46)C5)cnc3c2)cn1. The number of hydrogen-bond acceptors (Lipinski definition) is 5. The zero-order chi connectivity index (χ0) is 24.4. The minimum Gasteiger partial charge on any atom is -0.348 e. The summed E-state index contributed by atoms with van der Waals surface area (Å²) in [4.78, 5) is 29.6. The molecule has 36 heavy (non-hydrogen) atoms. The van der Waals surface area contributed by atoms with Crippen LogP contribution in [0.5, 0.6) is 0 Å². The highest BCUT2D eigenvalue weighted by Gasteiger charge is 2.54. The molecule has 0 bridgehead atoms. The van der Waals surface area contributed by atoms with Gasteiger partial charge in [-0.15, -0.1) is 0 Å². The molecule has 0 unspecified atom stereocenters. The summed E-state index contributed by atoms with van der Waals surface area (Å²) < 4.78 is 3.59. The van der Waals surface area contributed by atoms with E-state index in [-0.39, 0.29) is 22.9 Å². The second-order valence-corrected chi connectivity index (χ2v) is 10.4. The van der Waals surface area contributed by atoms with E-state index < -0.39 is 0 Å². The topological polar surface area (TPSA) is 110 Å². The maximum Gasteiger partial charge on any atom is 0.272 e. The van der Waals surface area contributed by atoms with Gasteiger partial charge in [0, 0.05) is 42.4 Å². The number of pyridine rings is 1. The minimum absolute atomic E-state index is 0.0966. The number of rotatable bonds is 4. The molecule has 9 heteroatoms. The number of carbonyl (C=O) groups excluding carboxylic acids is 1. The fourth-order valence-electron chi connectivity index (χ4n) is 6.20. The van der Waals surface area contributed by atoms with Gasteiger partial charge in [-0.2, -0.15) is 10.2 Å². The van der Waals surface area contributed by atoms with E-state index in [0.717, 1.165) is 53.5 Å². The third-order valence-electron chi connectivity index (χ3n) is 7.95. The predicted octanol–water partition coefficient (Wildman–Crippen LogP) is 3.43. The first-order chi connectivity index (χ1) is 17.5. The van der Waals surface area contributed by atoms with Crippen LogP contribution in [0.3, 0.4) is 0 Å². The van der Waals surface area contributed by atoms with Crippen molar-refractivity contribution in [2.24, 2.45) is 12.5 Å². The number of nitrogens with one attached hydrogen (secondary N) is 2. The van der Waals surface area contributed by atoms with E-state index in [4.69, 9.17) is 0 Å². The molecule has 2 saturated carbocycles. The number of aromatic amines is 1. The molecule has 0 saturated heterocycles. The largest absolute Gasteiger partial charge is 0.348 e. The Morgan fingerprint density at radius 2 is 1.89 bits per heavy atom. The van der Waals surface area contributed by atoms with Gasteiger partial charge >= 0.3 is 0 Å². The first-order valence-corrected chi connectivity index (χ1v) is 12.2. The van der Waals surface area contributed by atoms with Crippen molar-refractivity contribution < 1.29 is 4.79 Å². The van der Waals surface area contributed by atoms with E-state index in [1.54, 1.807) is 10.9 Å². The highest BCUT2D eigenvalue weighted by atomic mass is 16.2. The summed E-state index contributed by atoms with van der Waals surface area (Å²) in [6.45, 7) is 0. The van der Waals surface area contributed by atoms with Crippen LogP contribution in [0.25, 0.3) is 27.5 Å². The Labute approximate surface area is 206 Å². The standard InChI is InChI=1S/C27H25N7O2/c1-33-15-18(13-29-33)16-6-7-34-22(14-28-23(34)8-16)26(36)30-19-11-27(12-19)9-17(10-27)24-20-4-2-3-5-21(20)25(35)32-31-24/h2-8,13-15,17,19H,9-12H2,1H3,(H,30,36)(H,32,35). The highest BCUT2D eigenvalue weighted by molar-refractivity contribution is 5.93. The van der Waals surface area contributed by atoms with Crippen LogP contribution in [0.15, 0.2) is 66.0 Å². The van der Waals surface area contributed by atoms with Crippen molar-refractivity contribution in [3.63, 3.8) is 0 Å². The van der Waals surface area contributed by atoms with Crippen LogP contribution >= 0.6 is 0 Å². The maximum atomic E-state index is 13.0. The number of nitrogens with zero attached hydrogens (tertiary/aromatic N) is 5. The molecule has 0 atom stereocenters. The Morgan fingerprint density at radius 3 is 2.67 bits per heavy atom. The third-order valence-corrected chi connectivity index (χ3v) is 7.95. The second kappa shape index (κ2) is 7.61. The molecule has 180 valence electrons. The average molecular weight is 480 g/mol. The molecule has 0 radical (unpaired) electrons. The van der Waals surface area contributed by atoms with E-state index in [1.807, 2.05) is 66.4 Å². The fraction of sp³-hybridized carbons (Fsp3) is 0.296. The summed E-state index contributed by atoms with van der Waals surface area (Å²) in [5.41, 5.74) is 4.40. The maximum absolute atomic E-state index is 13.0. The monoisotopic (exact) mass is 479 g/mol. The van der Waals surface area contributed by atoms with Gasteiger partial charge in [0.2, 0.25) is 0 Å². The predicted molar refractivity (Wildman–Crippen MR) is 135 cm³/mol. The van der Waals surface area contributed by atoms with Crippen LogP contribution in [0, 0.1) is 5.41 Å². The van der Waals surface area contributed by atoms with E-state index in [2.05, 4.69) is 25.6 Å². The lowest BCUT2D eigenvalue weighted by molar-refractivity contribution is -0.0197. The number of benzene rings is 1. The molecule has 2 N–H and O–H groups in total. The first kappa shape index (κ1) is 21.0. The number of H-pyrrole nitrogens is 1. The van der Waals surface area contributed by atoms with Crippen LogP contribution < -0.4 is 10.9 Å². The number of aryl methyl sites for hydroxylation is 1. The first-order valence-electron chi connectivity index (χ1n) is 12.2. The van der Waals surface area contributed by atoms with Crippen LogP contribution in [0.1, 0.15) is 47.8 Å². The lowest BCUT2D eigenvalue weighted by atomic mass is 9.49. The summed E-state index contributed by atoms with van der Waals surface area (Å²) >= 11 is 0. The number of amides is 1. The van der Waals surface area contributed by atoms with Crippen molar-refractivity contribution in [1.82, 2.24) is 34.7 Å². The van der Waals surface area contributed by atoms with Gasteiger partial charge in [0.25, 0.3) is 11.5 Å². The van der Waals surface area contributed by atoms with Gasteiger partial charge in [0.15, 0.2) is 0 Å². The van der Waals surface area contributed by atoms with Gasteiger partial charge in [-0.3, -0.25) is 18.7 Å². The normalized spacial score (nSPS) is 23.0. The summed E-state index contributed by atoms with van der Waals surface area (Å²) in [7, 11) is 1.89. The Balaban J connectivity index is 1.01. The van der Waals surface area contributed by atoms with E-state index in [0.29, 0.717) is 17.0 Å². The van der Waals surface area contributed by atoms with Crippen LogP contribution in [-0.4, -0.2) is 41.3 Å². The Hall–Kier alpha value is -4.27. The molecule has 2 fully saturated rings. The molecule has 5 aromatic rings. The van der Waals surface area contributed by atoms with Crippen molar-refractivity contribution in [1.29, 1.82) is 0 Å². The Morgan fingerprint density at radius 1 is 1.08 bits per heavy atom. The highest BCUT2D eigenvalue weighted by Crippen LogP contribution is 2.62. The van der Waals surface area contributed by atoms with E-state index >= 15 is 0 Å². The average Bonchev–Trinajstić information content (AvgIpc) is 3.46. The zero-order valence-corrected chi connectivity index (χ0v) is 19.8. The van der Waals surface area contributed by atoms with Gasteiger partial charge in [-0.1, -0.05) is 18.2 Å². The van der Waals surface area contributed by atoms with Crippen molar-refractivity contribution in [2.75, 3.05) is 0 Å². The lowest BCUT2D eigenvalue weighted by Gasteiger charge is -2.57. The van der Waals surface area contributed by atoms with Crippen molar-refractivity contribution >= 4 is 22.3 Å². The number of imidazole rings is 1. The molecule has 1 aromatic carbocycles. The zero-order valence-electron chi connectivity index (χ0n) is 19.8. The van der Waals surface area contributed by atoms with Crippen molar-refractivity contribution in [2.45, 2.75) is 37.6 Å². The number of aromatic nitrogens is 6. The molecular formula is C27H25N7O2. The van der Waals surface area contributed by atoms with E-state index in [9.17, 15) is 9.59 Å². The summed E-state index contributed by atoms with van der Waals surface area (Å²) in [6, 6.07) is 11.8. The third kappa shape index (κ3) is 3.26. The van der Waals surface area contributed by atoms with Gasteiger partial charge in [-0.05, 0) is 54.9 Å². The second-order valence-electron chi connectivity index (χ2n) is 10.4. The van der Waals surface area contributed by atoms with Crippen LogP contribution in [-0.2, 0) is 7.05 Å². The Bertz CT molecular complexity index is 1700. The summed E-state index contributed by atoms with van der Waals surface area (Å²) in [6.07, 6.45) is 11.3. The number of carbonyl (C=O) groups is 1.